The Morgan fingerprint density at radius 3 is 2.04 bits per heavy atom. The molecule has 0 spiro atoms. The molecule has 0 nitrogen and oxygen atoms in total. The summed E-state index contributed by atoms with van der Waals surface area (Å²) in [5, 5.41) is 0. The molecule has 25 heavy (non-hydrogen) atoms. The monoisotopic (exact) mass is 326 g/mol. The van der Waals surface area contributed by atoms with E-state index in [0.29, 0.717) is 11.8 Å². The Bertz CT molecular complexity index is 822. The van der Waals surface area contributed by atoms with Gasteiger partial charge in [0.15, 0.2) is 0 Å². The third-order valence-electron chi connectivity index (χ3n) is 7.11. The molecule has 0 amide bonds. The Morgan fingerprint density at radius 1 is 0.760 bits per heavy atom. The highest BCUT2D eigenvalue weighted by atomic mass is 14.5. The smallest absolute Gasteiger partial charge is 0.0156 e. The van der Waals surface area contributed by atoms with Crippen molar-refractivity contribution in [2.75, 3.05) is 0 Å². The molecule has 0 heteroatoms. The van der Waals surface area contributed by atoms with Crippen LogP contribution in [0.5, 0.6) is 0 Å². The van der Waals surface area contributed by atoms with Crippen LogP contribution in [0.25, 0.3) is 11.1 Å². The van der Waals surface area contributed by atoms with E-state index in [9.17, 15) is 0 Å². The van der Waals surface area contributed by atoms with E-state index in [0.717, 1.165) is 11.8 Å². The maximum atomic E-state index is 2.52. The second-order valence-corrected chi connectivity index (χ2v) is 8.62. The minimum absolute atomic E-state index is 0.248. The first-order valence-corrected chi connectivity index (χ1v) is 9.71. The molecule has 1 saturated carbocycles. The third kappa shape index (κ3) is 2.13. The molecule has 2 aromatic carbocycles. The number of benzene rings is 2. The van der Waals surface area contributed by atoms with Crippen LogP contribution < -0.4 is 0 Å². The van der Waals surface area contributed by atoms with Gasteiger partial charge in [-0.1, -0.05) is 86.7 Å². The lowest BCUT2D eigenvalue weighted by atomic mass is 9.62. The molecule has 3 unspecified atom stereocenters. The van der Waals surface area contributed by atoms with Gasteiger partial charge in [0.25, 0.3) is 0 Å². The molecule has 1 fully saturated rings. The largest absolute Gasteiger partial charge is 0.0808 e. The van der Waals surface area contributed by atoms with Gasteiger partial charge in [-0.25, -0.2) is 0 Å². The molecular weight excluding hydrogens is 300 g/mol. The van der Waals surface area contributed by atoms with Gasteiger partial charge >= 0.3 is 0 Å². The zero-order chi connectivity index (χ0) is 17.0. The van der Waals surface area contributed by atoms with E-state index in [-0.39, 0.29) is 5.41 Å². The molecule has 0 aromatic heterocycles. The second kappa shape index (κ2) is 5.46. The van der Waals surface area contributed by atoms with Crippen molar-refractivity contribution < 1.29 is 0 Å². The molecule has 3 atom stereocenters. The standard InChI is InChI=1S/C25H26/c1-25(2,23-16-15-17-9-3-4-10-18(17)23)24-21-13-7-5-11-19(21)20-12-6-8-14-22(20)24/h3-14,17-18,23-24H,15-16H2,1-2H3. The predicted octanol–water partition coefficient (Wildman–Crippen LogP) is 6.59. The summed E-state index contributed by atoms with van der Waals surface area (Å²) in [6, 6.07) is 18.2. The van der Waals surface area contributed by atoms with Gasteiger partial charge in [0.2, 0.25) is 0 Å². The molecule has 3 aliphatic rings. The van der Waals surface area contributed by atoms with Gasteiger partial charge in [0, 0.05) is 5.92 Å². The topological polar surface area (TPSA) is 0 Å². The first-order valence-electron chi connectivity index (χ1n) is 9.71. The highest BCUT2D eigenvalue weighted by Crippen LogP contribution is 2.60. The van der Waals surface area contributed by atoms with Crippen molar-refractivity contribution in [2.24, 2.45) is 23.2 Å². The van der Waals surface area contributed by atoms with Crippen LogP contribution in [0.15, 0.2) is 72.8 Å². The summed E-state index contributed by atoms with van der Waals surface area (Å²) >= 11 is 0. The Labute approximate surface area is 151 Å². The van der Waals surface area contributed by atoms with Gasteiger partial charge in [0.1, 0.15) is 0 Å². The van der Waals surface area contributed by atoms with Crippen LogP contribution in [0.4, 0.5) is 0 Å². The predicted molar refractivity (Wildman–Crippen MR) is 105 cm³/mol. The summed E-state index contributed by atoms with van der Waals surface area (Å²) in [4.78, 5) is 0. The molecule has 0 N–H and O–H groups in total. The van der Waals surface area contributed by atoms with Gasteiger partial charge < -0.3 is 0 Å². The minimum Gasteiger partial charge on any atom is -0.0808 e. The lowest BCUT2D eigenvalue weighted by Crippen LogP contribution is -2.34. The fourth-order valence-corrected chi connectivity index (χ4v) is 6.00. The van der Waals surface area contributed by atoms with Crippen molar-refractivity contribution >= 4 is 0 Å². The summed E-state index contributed by atoms with van der Waals surface area (Å²) in [5.41, 5.74) is 6.21. The maximum Gasteiger partial charge on any atom is 0.0156 e. The van der Waals surface area contributed by atoms with E-state index in [2.05, 4.69) is 86.7 Å². The van der Waals surface area contributed by atoms with Gasteiger partial charge in [-0.2, -0.15) is 0 Å². The molecule has 0 heterocycles. The molecule has 2 aromatic rings. The van der Waals surface area contributed by atoms with Crippen LogP contribution in [0.1, 0.15) is 43.7 Å². The summed E-state index contributed by atoms with van der Waals surface area (Å²) in [5.74, 6) is 2.70. The average molecular weight is 326 g/mol. The first-order chi connectivity index (χ1) is 12.2. The van der Waals surface area contributed by atoms with Gasteiger partial charge in [-0.05, 0) is 58.3 Å². The molecule has 0 bridgehead atoms. The lowest BCUT2D eigenvalue weighted by molar-refractivity contribution is 0.154. The molecule has 0 saturated heterocycles. The Balaban J connectivity index is 1.63. The van der Waals surface area contributed by atoms with Crippen LogP contribution in [-0.4, -0.2) is 0 Å². The Kier molecular flexibility index (Phi) is 3.32. The fraction of sp³-hybridized carbons (Fsp3) is 0.360. The van der Waals surface area contributed by atoms with E-state index >= 15 is 0 Å². The maximum absolute atomic E-state index is 2.52. The second-order valence-electron chi connectivity index (χ2n) is 8.62. The van der Waals surface area contributed by atoms with Crippen LogP contribution in [-0.2, 0) is 0 Å². The van der Waals surface area contributed by atoms with E-state index in [1.165, 1.54) is 35.1 Å². The van der Waals surface area contributed by atoms with Crippen molar-refractivity contribution in [3.8, 4) is 11.1 Å². The number of rotatable bonds is 2. The quantitative estimate of drug-likeness (QED) is 0.583. The number of allylic oxidation sites excluding steroid dienone is 4. The SMILES string of the molecule is CC(C)(C1c2ccccc2-c2ccccc21)C1CCC2C=CC=CC21. The van der Waals surface area contributed by atoms with Crippen LogP contribution in [0.3, 0.4) is 0 Å². The van der Waals surface area contributed by atoms with Crippen LogP contribution >= 0.6 is 0 Å². The zero-order valence-corrected chi connectivity index (χ0v) is 15.2. The summed E-state index contributed by atoms with van der Waals surface area (Å²) in [6.45, 7) is 5.05. The molecular formula is C25H26. The first kappa shape index (κ1) is 15.2. The molecule has 3 aliphatic carbocycles. The zero-order valence-electron chi connectivity index (χ0n) is 15.2. The lowest BCUT2D eigenvalue weighted by Gasteiger charge is -2.42. The van der Waals surface area contributed by atoms with Crippen molar-refractivity contribution in [3.05, 3.63) is 84.0 Å². The van der Waals surface area contributed by atoms with Gasteiger partial charge in [-0.15, -0.1) is 0 Å². The van der Waals surface area contributed by atoms with Gasteiger partial charge in [0.05, 0.1) is 0 Å². The third-order valence-corrected chi connectivity index (χ3v) is 7.11. The van der Waals surface area contributed by atoms with E-state index in [1.807, 2.05) is 0 Å². The number of fused-ring (bicyclic) bond motifs is 4. The van der Waals surface area contributed by atoms with Crippen LogP contribution in [0.2, 0.25) is 0 Å². The number of hydrogen-bond donors (Lipinski definition) is 0. The van der Waals surface area contributed by atoms with Crippen molar-refractivity contribution in [1.29, 1.82) is 0 Å². The van der Waals surface area contributed by atoms with Gasteiger partial charge in [-0.3, -0.25) is 0 Å². The van der Waals surface area contributed by atoms with Crippen molar-refractivity contribution in [1.82, 2.24) is 0 Å². The van der Waals surface area contributed by atoms with E-state index in [1.54, 1.807) is 0 Å². The number of hydrogen-bond acceptors (Lipinski definition) is 0. The molecule has 5 rings (SSSR count). The van der Waals surface area contributed by atoms with Crippen molar-refractivity contribution in [2.45, 2.75) is 32.6 Å². The fourth-order valence-electron chi connectivity index (χ4n) is 6.00. The molecule has 0 radical (unpaired) electrons. The minimum atomic E-state index is 0.248. The molecule has 126 valence electrons. The van der Waals surface area contributed by atoms with E-state index in [4.69, 9.17) is 0 Å². The highest BCUT2D eigenvalue weighted by Gasteiger charge is 2.49. The molecule has 0 aliphatic heterocycles. The summed E-state index contributed by atoms with van der Waals surface area (Å²) < 4.78 is 0. The summed E-state index contributed by atoms with van der Waals surface area (Å²) in [7, 11) is 0. The summed E-state index contributed by atoms with van der Waals surface area (Å²) in [6.07, 6.45) is 12.1. The Hall–Kier alpha value is -2.08. The van der Waals surface area contributed by atoms with Crippen molar-refractivity contribution in [3.63, 3.8) is 0 Å². The normalized spacial score (nSPS) is 27.2. The highest BCUT2D eigenvalue weighted by molar-refractivity contribution is 5.79. The van der Waals surface area contributed by atoms with Crippen LogP contribution in [0, 0.1) is 23.2 Å². The average Bonchev–Trinajstić information content (AvgIpc) is 3.22. The Morgan fingerprint density at radius 2 is 1.36 bits per heavy atom. The van der Waals surface area contributed by atoms with E-state index < -0.39 is 0 Å².